The first-order valence-electron chi connectivity index (χ1n) is 4.68. The minimum atomic E-state index is -4.62. The largest absolute Gasteiger partial charge is 0.496 e. The molecule has 0 aliphatic carbocycles. The molecule has 1 rings (SSSR count). The van der Waals surface area contributed by atoms with E-state index in [2.05, 4.69) is 15.9 Å². The average Bonchev–Trinajstić information content (AvgIpc) is 2.34. The average molecular weight is 325 g/mol. The summed E-state index contributed by atoms with van der Waals surface area (Å²) >= 11 is 2.85. The van der Waals surface area contributed by atoms with E-state index in [0.717, 1.165) is 7.11 Å². The van der Waals surface area contributed by atoms with Crippen LogP contribution in [0.1, 0.15) is 26.3 Å². The quantitative estimate of drug-likeness (QED) is 0.485. The summed E-state index contributed by atoms with van der Waals surface area (Å²) in [6.45, 7) is 0. The van der Waals surface area contributed by atoms with Crippen LogP contribution in [0.15, 0.2) is 12.1 Å². The Hall–Kier alpha value is -1.37. The van der Waals surface area contributed by atoms with E-state index in [1.807, 2.05) is 0 Å². The van der Waals surface area contributed by atoms with Gasteiger partial charge in [0.1, 0.15) is 5.75 Å². The maximum atomic E-state index is 12.6. The van der Waals surface area contributed by atoms with Gasteiger partial charge in [-0.05, 0) is 12.1 Å². The lowest BCUT2D eigenvalue weighted by Crippen LogP contribution is -2.12. The second-order valence-corrected chi connectivity index (χ2v) is 3.87. The molecule has 18 heavy (non-hydrogen) atoms. The summed E-state index contributed by atoms with van der Waals surface area (Å²) in [6, 6.07) is 1.34. The molecule has 0 spiro atoms. The highest BCUT2D eigenvalue weighted by Crippen LogP contribution is 2.34. The molecule has 0 unspecified atom stereocenters. The predicted molar refractivity (Wildman–Crippen MR) is 61.5 cm³/mol. The van der Waals surface area contributed by atoms with Crippen LogP contribution >= 0.6 is 15.9 Å². The van der Waals surface area contributed by atoms with Gasteiger partial charge in [-0.25, -0.2) is 0 Å². The number of Topliss-reactive ketones (excluding diaryl/α,β-unsaturated/α-hetero) is 1. The summed E-state index contributed by atoms with van der Waals surface area (Å²) < 4.78 is 42.6. The van der Waals surface area contributed by atoms with Gasteiger partial charge in [-0.3, -0.25) is 9.59 Å². The molecule has 0 saturated carbocycles. The molecule has 0 fully saturated rings. The number of carbonyl (C=O) groups excluding carboxylic acids is 2. The number of methoxy groups -OCH3 is 1. The van der Waals surface area contributed by atoms with Crippen molar-refractivity contribution < 1.29 is 27.5 Å². The molecule has 1 aromatic carbocycles. The Kier molecular flexibility index (Phi) is 4.50. The highest BCUT2D eigenvalue weighted by Gasteiger charge is 2.33. The standard InChI is InChI=1S/C11H8BrF3O3/c1-18-10-3-6(11(13,14)15)2-7(8(10)5-16)9(17)4-12/h2-3,5H,4H2,1H3. The maximum Gasteiger partial charge on any atom is 0.416 e. The lowest BCUT2D eigenvalue weighted by molar-refractivity contribution is -0.137. The van der Waals surface area contributed by atoms with Gasteiger partial charge in [-0.2, -0.15) is 13.2 Å². The SMILES string of the molecule is COc1cc(C(F)(F)F)cc(C(=O)CBr)c1C=O. The van der Waals surface area contributed by atoms with Gasteiger partial charge in [-0.15, -0.1) is 0 Å². The minimum Gasteiger partial charge on any atom is -0.496 e. The first kappa shape index (κ1) is 14.7. The van der Waals surface area contributed by atoms with Crippen LogP contribution in [0.2, 0.25) is 0 Å². The number of hydrogen-bond donors (Lipinski definition) is 0. The second kappa shape index (κ2) is 5.51. The van der Waals surface area contributed by atoms with Gasteiger partial charge in [0.05, 0.1) is 23.6 Å². The van der Waals surface area contributed by atoms with Crippen LogP contribution < -0.4 is 4.74 Å². The fourth-order valence-corrected chi connectivity index (χ4v) is 1.69. The van der Waals surface area contributed by atoms with Crippen LogP contribution in [0.5, 0.6) is 5.75 Å². The van der Waals surface area contributed by atoms with Crippen molar-refractivity contribution in [1.29, 1.82) is 0 Å². The van der Waals surface area contributed by atoms with E-state index in [0.29, 0.717) is 18.4 Å². The molecular weight excluding hydrogens is 317 g/mol. The number of alkyl halides is 4. The Balaban J connectivity index is 3.55. The zero-order chi connectivity index (χ0) is 13.9. The molecule has 0 bridgehead atoms. The molecule has 98 valence electrons. The molecule has 0 aliphatic heterocycles. The van der Waals surface area contributed by atoms with E-state index < -0.39 is 17.5 Å². The molecule has 0 N–H and O–H groups in total. The van der Waals surface area contributed by atoms with Crippen LogP contribution in [-0.4, -0.2) is 24.5 Å². The predicted octanol–water partition coefficient (Wildman–Crippen LogP) is 3.10. The smallest absolute Gasteiger partial charge is 0.416 e. The molecule has 0 atom stereocenters. The zero-order valence-electron chi connectivity index (χ0n) is 9.18. The third kappa shape index (κ3) is 2.90. The lowest BCUT2D eigenvalue weighted by atomic mass is 10.0. The van der Waals surface area contributed by atoms with Crippen molar-refractivity contribution in [1.82, 2.24) is 0 Å². The Morgan fingerprint density at radius 3 is 2.44 bits per heavy atom. The number of aldehydes is 1. The molecule has 0 aliphatic rings. The molecule has 1 aromatic rings. The summed E-state index contributed by atoms with van der Waals surface area (Å²) in [6.07, 6.45) is -4.31. The van der Waals surface area contributed by atoms with Crippen molar-refractivity contribution in [3.05, 3.63) is 28.8 Å². The van der Waals surface area contributed by atoms with Crippen molar-refractivity contribution in [3.8, 4) is 5.75 Å². The molecular formula is C11H8BrF3O3. The number of ether oxygens (including phenoxy) is 1. The molecule has 0 heterocycles. The van der Waals surface area contributed by atoms with Gasteiger partial charge < -0.3 is 4.74 Å². The maximum absolute atomic E-state index is 12.6. The molecule has 0 radical (unpaired) electrons. The third-order valence-electron chi connectivity index (χ3n) is 2.23. The normalized spacial score (nSPS) is 11.2. The van der Waals surface area contributed by atoms with E-state index in [4.69, 9.17) is 4.74 Å². The van der Waals surface area contributed by atoms with Crippen molar-refractivity contribution in [2.24, 2.45) is 0 Å². The Morgan fingerprint density at radius 1 is 1.44 bits per heavy atom. The topological polar surface area (TPSA) is 43.4 Å². The summed E-state index contributed by atoms with van der Waals surface area (Å²) in [4.78, 5) is 22.4. The third-order valence-corrected chi connectivity index (χ3v) is 2.74. The van der Waals surface area contributed by atoms with Crippen LogP contribution in [0.25, 0.3) is 0 Å². The van der Waals surface area contributed by atoms with E-state index in [1.165, 1.54) is 0 Å². The highest BCUT2D eigenvalue weighted by atomic mass is 79.9. The Bertz CT molecular complexity index is 483. The minimum absolute atomic E-state index is 0.182. The first-order valence-corrected chi connectivity index (χ1v) is 5.80. The fraction of sp³-hybridized carbons (Fsp3) is 0.273. The lowest BCUT2D eigenvalue weighted by Gasteiger charge is -2.13. The number of rotatable bonds is 4. The Morgan fingerprint density at radius 2 is 2.06 bits per heavy atom. The summed E-state index contributed by atoms with van der Waals surface area (Å²) in [5.74, 6) is -0.898. The fourth-order valence-electron chi connectivity index (χ4n) is 1.38. The van der Waals surface area contributed by atoms with Crippen molar-refractivity contribution in [2.45, 2.75) is 6.18 Å². The van der Waals surface area contributed by atoms with Crippen molar-refractivity contribution in [3.63, 3.8) is 0 Å². The first-order chi connectivity index (χ1) is 8.35. The van der Waals surface area contributed by atoms with Crippen LogP contribution in [-0.2, 0) is 6.18 Å². The second-order valence-electron chi connectivity index (χ2n) is 3.31. The van der Waals surface area contributed by atoms with E-state index >= 15 is 0 Å². The monoisotopic (exact) mass is 324 g/mol. The van der Waals surface area contributed by atoms with Gasteiger partial charge in [0.25, 0.3) is 0 Å². The number of halogens is 4. The van der Waals surface area contributed by atoms with Gasteiger partial charge in [0.15, 0.2) is 12.1 Å². The number of benzene rings is 1. The molecule has 3 nitrogen and oxygen atoms in total. The zero-order valence-corrected chi connectivity index (χ0v) is 10.8. The van der Waals surface area contributed by atoms with E-state index in [9.17, 15) is 22.8 Å². The van der Waals surface area contributed by atoms with Gasteiger partial charge >= 0.3 is 6.18 Å². The summed E-state index contributed by atoms with van der Waals surface area (Å²) in [5, 5.41) is -0.182. The van der Waals surface area contributed by atoms with E-state index in [1.54, 1.807) is 0 Å². The van der Waals surface area contributed by atoms with Gasteiger partial charge in [0.2, 0.25) is 0 Å². The molecule has 0 aromatic heterocycles. The van der Waals surface area contributed by atoms with Gasteiger partial charge in [-0.1, -0.05) is 15.9 Å². The molecule has 0 saturated heterocycles. The highest BCUT2D eigenvalue weighted by molar-refractivity contribution is 9.09. The molecule has 7 heteroatoms. The number of carbonyl (C=O) groups is 2. The van der Waals surface area contributed by atoms with Crippen molar-refractivity contribution >= 4 is 28.0 Å². The van der Waals surface area contributed by atoms with Crippen molar-refractivity contribution in [2.75, 3.05) is 12.4 Å². The van der Waals surface area contributed by atoms with Gasteiger partial charge in [0, 0.05) is 5.56 Å². The summed E-state index contributed by atoms with van der Waals surface area (Å²) in [7, 11) is 1.13. The van der Waals surface area contributed by atoms with Crippen LogP contribution in [0.4, 0.5) is 13.2 Å². The van der Waals surface area contributed by atoms with Crippen LogP contribution in [0.3, 0.4) is 0 Å². The molecule has 0 amide bonds. The van der Waals surface area contributed by atoms with Crippen LogP contribution in [0, 0.1) is 0 Å². The summed E-state index contributed by atoms with van der Waals surface area (Å²) in [5.41, 5.74) is -1.53. The van der Waals surface area contributed by atoms with E-state index in [-0.39, 0.29) is 22.2 Å². The number of hydrogen-bond acceptors (Lipinski definition) is 3. The Labute approximate surface area is 109 Å². The number of ketones is 1.